The third-order valence-corrected chi connectivity index (χ3v) is 5.09. The number of carboxylic acids is 1. The summed E-state index contributed by atoms with van der Waals surface area (Å²) in [7, 11) is 0. The van der Waals surface area contributed by atoms with Gasteiger partial charge >= 0.3 is 5.97 Å². The topological polar surface area (TPSA) is 62.5 Å². The molecule has 0 aromatic carbocycles. The number of carboxylic acid groups (broad SMARTS) is 1. The molecule has 0 spiro atoms. The van der Waals surface area contributed by atoms with Crippen molar-refractivity contribution in [2.75, 3.05) is 13.1 Å². The van der Waals surface area contributed by atoms with Crippen LogP contribution in [0, 0.1) is 5.41 Å². The van der Waals surface area contributed by atoms with E-state index in [2.05, 4.69) is 0 Å². The predicted octanol–water partition coefficient (Wildman–Crippen LogP) is 2.53. The van der Waals surface area contributed by atoms with E-state index in [-0.39, 0.29) is 12.5 Å². The summed E-state index contributed by atoms with van der Waals surface area (Å²) in [5.74, 6) is -0.928. The highest BCUT2D eigenvalue weighted by molar-refractivity contribution is 7.09. The smallest absolute Gasteiger partial charge is 0.311 e. The van der Waals surface area contributed by atoms with E-state index in [9.17, 15) is 14.7 Å². The number of amides is 1. The summed E-state index contributed by atoms with van der Waals surface area (Å²) < 4.78 is 1.92. The van der Waals surface area contributed by atoms with Crippen molar-refractivity contribution in [1.82, 2.24) is 9.47 Å². The third kappa shape index (κ3) is 2.66. The quantitative estimate of drug-likeness (QED) is 0.942. The van der Waals surface area contributed by atoms with Gasteiger partial charge in [-0.15, -0.1) is 11.3 Å². The summed E-state index contributed by atoms with van der Waals surface area (Å²) in [5, 5.41) is 11.3. The van der Waals surface area contributed by atoms with Gasteiger partial charge in [-0.05, 0) is 36.9 Å². The first-order valence-electron chi connectivity index (χ1n) is 7.20. The molecular formula is C16H18N2O3S. The van der Waals surface area contributed by atoms with E-state index >= 15 is 0 Å². The predicted molar refractivity (Wildman–Crippen MR) is 84.1 cm³/mol. The van der Waals surface area contributed by atoms with E-state index in [1.165, 1.54) is 4.88 Å². The Bertz CT molecular complexity index is 692. The van der Waals surface area contributed by atoms with Crippen LogP contribution in [-0.4, -0.2) is 39.5 Å². The first-order chi connectivity index (χ1) is 10.5. The van der Waals surface area contributed by atoms with E-state index in [0.717, 1.165) is 0 Å². The maximum absolute atomic E-state index is 12.7. The Morgan fingerprint density at radius 1 is 1.36 bits per heavy atom. The fourth-order valence-corrected chi connectivity index (χ4v) is 3.49. The molecule has 1 amide bonds. The molecule has 1 aliphatic heterocycles. The fraction of sp³-hybridized carbons (Fsp3) is 0.375. The molecule has 0 radical (unpaired) electrons. The monoisotopic (exact) mass is 318 g/mol. The van der Waals surface area contributed by atoms with Crippen molar-refractivity contribution in [2.45, 2.75) is 19.9 Å². The molecule has 2 aromatic rings. The van der Waals surface area contributed by atoms with Crippen molar-refractivity contribution < 1.29 is 14.7 Å². The van der Waals surface area contributed by atoms with Crippen molar-refractivity contribution in [1.29, 1.82) is 0 Å². The zero-order valence-electron chi connectivity index (χ0n) is 12.4. The van der Waals surface area contributed by atoms with Gasteiger partial charge in [0.1, 0.15) is 5.69 Å². The fourth-order valence-electron chi connectivity index (χ4n) is 2.79. The molecule has 3 rings (SSSR count). The molecular weight excluding hydrogens is 300 g/mol. The van der Waals surface area contributed by atoms with Crippen LogP contribution in [-0.2, 0) is 11.3 Å². The first kappa shape index (κ1) is 14.8. The molecule has 1 unspecified atom stereocenters. The Morgan fingerprint density at radius 3 is 2.82 bits per heavy atom. The molecule has 2 aromatic heterocycles. The average molecular weight is 318 g/mol. The molecule has 116 valence electrons. The number of hydrogen-bond acceptors (Lipinski definition) is 3. The summed E-state index contributed by atoms with van der Waals surface area (Å²) in [6, 6.07) is 7.68. The number of thiophene rings is 1. The number of nitrogens with zero attached hydrogens (tertiary/aromatic N) is 2. The van der Waals surface area contributed by atoms with E-state index in [4.69, 9.17) is 0 Å². The van der Waals surface area contributed by atoms with Gasteiger partial charge in [-0.2, -0.15) is 0 Å². The Morgan fingerprint density at radius 2 is 2.18 bits per heavy atom. The van der Waals surface area contributed by atoms with Crippen LogP contribution >= 0.6 is 11.3 Å². The van der Waals surface area contributed by atoms with Gasteiger partial charge in [0.25, 0.3) is 5.91 Å². The number of hydrogen-bond donors (Lipinski definition) is 1. The lowest BCUT2D eigenvalue weighted by Gasteiger charge is -2.20. The van der Waals surface area contributed by atoms with Crippen molar-refractivity contribution in [3.8, 4) is 0 Å². The van der Waals surface area contributed by atoms with E-state index in [1.54, 1.807) is 29.2 Å². The maximum atomic E-state index is 12.7. The minimum absolute atomic E-state index is 0.0912. The second kappa shape index (κ2) is 5.61. The molecule has 1 N–H and O–H groups in total. The van der Waals surface area contributed by atoms with Gasteiger partial charge in [0.15, 0.2) is 0 Å². The second-order valence-corrected chi connectivity index (χ2v) is 6.98. The van der Waals surface area contributed by atoms with Gasteiger partial charge in [0, 0.05) is 24.2 Å². The van der Waals surface area contributed by atoms with E-state index in [1.807, 2.05) is 34.3 Å². The summed E-state index contributed by atoms with van der Waals surface area (Å²) in [6.45, 7) is 3.13. The minimum atomic E-state index is -0.836. The van der Waals surface area contributed by atoms with Crippen LogP contribution in [0.5, 0.6) is 0 Å². The standard InChI is InChI=1S/C16H18N2O3S/c1-16(15(20)21)6-8-18(11-16)14(19)13-5-2-7-17(13)10-12-4-3-9-22-12/h2-5,7,9H,6,8,10-11H2,1H3,(H,20,21). The highest BCUT2D eigenvalue weighted by Crippen LogP contribution is 2.31. The lowest BCUT2D eigenvalue weighted by molar-refractivity contribution is -0.147. The van der Waals surface area contributed by atoms with Crippen LogP contribution in [0.3, 0.4) is 0 Å². The van der Waals surface area contributed by atoms with Crippen LogP contribution < -0.4 is 0 Å². The van der Waals surface area contributed by atoms with Gasteiger partial charge < -0.3 is 14.6 Å². The SMILES string of the molecule is CC1(C(=O)O)CCN(C(=O)c2cccn2Cc2cccs2)C1. The Balaban J connectivity index is 1.77. The lowest BCUT2D eigenvalue weighted by Crippen LogP contribution is -2.35. The molecule has 1 atom stereocenters. The summed E-state index contributed by atoms with van der Waals surface area (Å²) >= 11 is 1.65. The largest absolute Gasteiger partial charge is 0.481 e. The lowest BCUT2D eigenvalue weighted by atomic mass is 9.90. The molecule has 1 saturated heterocycles. The number of aromatic nitrogens is 1. The number of carbonyl (C=O) groups is 2. The van der Waals surface area contributed by atoms with Crippen LogP contribution in [0.15, 0.2) is 35.8 Å². The zero-order chi connectivity index (χ0) is 15.7. The molecule has 0 aliphatic carbocycles. The number of rotatable bonds is 4. The molecule has 1 fully saturated rings. The number of likely N-dealkylation sites (tertiary alicyclic amines) is 1. The van der Waals surface area contributed by atoms with Crippen molar-refractivity contribution >= 4 is 23.2 Å². The Labute approximate surface area is 132 Å². The van der Waals surface area contributed by atoms with Crippen LogP contribution in [0.2, 0.25) is 0 Å². The van der Waals surface area contributed by atoms with Gasteiger partial charge in [0.2, 0.25) is 0 Å². The molecule has 0 saturated carbocycles. The maximum Gasteiger partial charge on any atom is 0.311 e. The summed E-state index contributed by atoms with van der Waals surface area (Å²) in [5.41, 5.74) is -0.219. The normalized spacial score (nSPS) is 21.2. The first-order valence-corrected chi connectivity index (χ1v) is 8.08. The average Bonchev–Trinajstić information content (AvgIpc) is 3.20. The minimum Gasteiger partial charge on any atom is -0.481 e. The second-order valence-electron chi connectivity index (χ2n) is 5.94. The van der Waals surface area contributed by atoms with Crippen LogP contribution in [0.1, 0.15) is 28.7 Å². The Kier molecular flexibility index (Phi) is 3.78. The molecule has 1 aliphatic rings. The van der Waals surface area contributed by atoms with Crippen LogP contribution in [0.4, 0.5) is 0 Å². The zero-order valence-corrected chi connectivity index (χ0v) is 13.2. The van der Waals surface area contributed by atoms with Gasteiger partial charge in [0.05, 0.1) is 12.0 Å². The molecule has 5 nitrogen and oxygen atoms in total. The third-order valence-electron chi connectivity index (χ3n) is 4.23. The number of aliphatic carboxylic acids is 1. The van der Waals surface area contributed by atoms with Crippen molar-refractivity contribution in [3.63, 3.8) is 0 Å². The summed E-state index contributed by atoms with van der Waals surface area (Å²) in [4.78, 5) is 26.8. The van der Waals surface area contributed by atoms with Gasteiger partial charge in [-0.25, -0.2) is 0 Å². The van der Waals surface area contributed by atoms with Gasteiger partial charge in [-0.1, -0.05) is 6.07 Å². The molecule has 0 bridgehead atoms. The van der Waals surface area contributed by atoms with Crippen molar-refractivity contribution in [3.05, 3.63) is 46.4 Å². The molecule has 22 heavy (non-hydrogen) atoms. The van der Waals surface area contributed by atoms with Gasteiger partial charge in [-0.3, -0.25) is 9.59 Å². The van der Waals surface area contributed by atoms with Crippen molar-refractivity contribution in [2.24, 2.45) is 5.41 Å². The highest BCUT2D eigenvalue weighted by atomic mass is 32.1. The molecule has 3 heterocycles. The van der Waals surface area contributed by atoms with E-state index in [0.29, 0.717) is 25.2 Å². The molecule has 6 heteroatoms. The summed E-state index contributed by atoms with van der Waals surface area (Å²) in [6.07, 6.45) is 2.39. The highest BCUT2D eigenvalue weighted by Gasteiger charge is 2.42. The van der Waals surface area contributed by atoms with E-state index < -0.39 is 11.4 Å². The van der Waals surface area contributed by atoms with Crippen LogP contribution in [0.25, 0.3) is 0 Å². The Hall–Kier alpha value is -2.08. The number of carbonyl (C=O) groups excluding carboxylic acids is 1.